The van der Waals surface area contributed by atoms with E-state index in [4.69, 9.17) is 0 Å². The van der Waals surface area contributed by atoms with Crippen molar-refractivity contribution in [2.45, 2.75) is 51.1 Å². The molecular formula is C13H20N4O. The standard InChI is InChI=1S/C13H20N4O/c18-13(6-7-17-8-14-15-9-17)16-12-5-4-10-2-1-3-11(10)12/h8-12H,1-7H2,(H,16,18). The molecule has 18 heavy (non-hydrogen) atoms. The van der Waals surface area contributed by atoms with Gasteiger partial charge in [0, 0.05) is 19.0 Å². The number of hydrogen-bond donors (Lipinski definition) is 1. The fourth-order valence-electron chi connectivity index (χ4n) is 3.59. The van der Waals surface area contributed by atoms with Crippen LogP contribution < -0.4 is 5.32 Å². The van der Waals surface area contributed by atoms with E-state index in [2.05, 4.69) is 15.5 Å². The molecule has 2 aliphatic carbocycles. The zero-order valence-electron chi connectivity index (χ0n) is 10.6. The van der Waals surface area contributed by atoms with E-state index in [0.29, 0.717) is 19.0 Å². The molecule has 2 aliphatic rings. The molecular weight excluding hydrogens is 228 g/mol. The van der Waals surface area contributed by atoms with Crippen molar-refractivity contribution in [1.29, 1.82) is 0 Å². The van der Waals surface area contributed by atoms with E-state index >= 15 is 0 Å². The highest BCUT2D eigenvalue weighted by molar-refractivity contribution is 5.76. The van der Waals surface area contributed by atoms with E-state index in [-0.39, 0.29) is 5.91 Å². The molecule has 0 aliphatic heterocycles. The predicted octanol–water partition coefficient (Wildman–Crippen LogP) is 1.36. The van der Waals surface area contributed by atoms with Gasteiger partial charge in [-0.1, -0.05) is 12.8 Å². The van der Waals surface area contributed by atoms with Crippen molar-refractivity contribution < 1.29 is 4.79 Å². The van der Waals surface area contributed by atoms with Crippen LogP contribution in [0.3, 0.4) is 0 Å². The van der Waals surface area contributed by atoms with Crippen LogP contribution in [0.4, 0.5) is 0 Å². The maximum Gasteiger partial charge on any atom is 0.222 e. The Labute approximate surface area is 107 Å². The highest BCUT2D eigenvalue weighted by Gasteiger charge is 2.39. The van der Waals surface area contributed by atoms with Gasteiger partial charge in [-0.2, -0.15) is 0 Å². The normalized spacial score (nSPS) is 30.3. The molecule has 5 heteroatoms. The van der Waals surface area contributed by atoms with Crippen LogP contribution in [0.1, 0.15) is 38.5 Å². The summed E-state index contributed by atoms with van der Waals surface area (Å²) in [4.78, 5) is 11.9. The number of aryl methyl sites for hydroxylation is 1. The molecule has 1 amide bonds. The van der Waals surface area contributed by atoms with Gasteiger partial charge in [-0.25, -0.2) is 0 Å². The SMILES string of the molecule is O=C(CCn1cnnc1)NC1CCC2CCCC21. The number of hydrogen-bond acceptors (Lipinski definition) is 3. The summed E-state index contributed by atoms with van der Waals surface area (Å²) < 4.78 is 1.84. The second-order valence-electron chi connectivity index (χ2n) is 5.56. The molecule has 2 saturated carbocycles. The Hall–Kier alpha value is -1.39. The van der Waals surface area contributed by atoms with E-state index in [1.807, 2.05) is 4.57 Å². The number of carbonyl (C=O) groups excluding carboxylic acids is 1. The average Bonchev–Trinajstić information content (AvgIpc) is 3.05. The van der Waals surface area contributed by atoms with Gasteiger partial charge in [-0.05, 0) is 31.1 Å². The zero-order valence-corrected chi connectivity index (χ0v) is 10.6. The molecule has 1 heterocycles. The van der Waals surface area contributed by atoms with Gasteiger partial charge < -0.3 is 9.88 Å². The fraction of sp³-hybridized carbons (Fsp3) is 0.769. The third kappa shape index (κ3) is 2.40. The number of carbonyl (C=O) groups is 1. The molecule has 1 N–H and O–H groups in total. The smallest absolute Gasteiger partial charge is 0.222 e. The van der Waals surface area contributed by atoms with Gasteiger partial charge in [-0.15, -0.1) is 10.2 Å². The summed E-state index contributed by atoms with van der Waals surface area (Å²) in [5.41, 5.74) is 0. The van der Waals surface area contributed by atoms with Crippen molar-refractivity contribution in [3.8, 4) is 0 Å². The zero-order chi connectivity index (χ0) is 12.4. The molecule has 2 fully saturated rings. The molecule has 0 saturated heterocycles. The highest BCUT2D eigenvalue weighted by atomic mass is 16.1. The summed E-state index contributed by atoms with van der Waals surface area (Å²) >= 11 is 0. The van der Waals surface area contributed by atoms with Crippen LogP contribution >= 0.6 is 0 Å². The Bertz CT molecular complexity index is 403. The minimum absolute atomic E-state index is 0.168. The monoisotopic (exact) mass is 248 g/mol. The topological polar surface area (TPSA) is 59.8 Å². The summed E-state index contributed by atoms with van der Waals surface area (Å²) in [5, 5.41) is 10.7. The summed E-state index contributed by atoms with van der Waals surface area (Å²) in [5.74, 6) is 1.80. The van der Waals surface area contributed by atoms with Crippen LogP contribution in [0.5, 0.6) is 0 Å². The van der Waals surface area contributed by atoms with E-state index in [1.165, 1.54) is 32.1 Å². The lowest BCUT2D eigenvalue weighted by molar-refractivity contribution is -0.122. The number of fused-ring (bicyclic) bond motifs is 1. The summed E-state index contributed by atoms with van der Waals surface area (Å²) in [6.07, 6.45) is 10.3. The Morgan fingerprint density at radius 1 is 1.22 bits per heavy atom. The number of nitrogens with one attached hydrogen (secondary N) is 1. The molecule has 0 aromatic carbocycles. The largest absolute Gasteiger partial charge is 0.353 e. The van der Waals surface area contributed by atoms with Gasteiger partial charge in [0.2, 0.25) is 5.91 Å². The molecule has 98 valence electrons. The van der Waals surface area contributed by atoms with Gasteiger partial charge in [0.25, 0.3) is 0 Å². The van der Waals surface area contributed by atoms with E-state index in [1.54, 1.807) is 12.7 Å². The van der Waals surface area contributed by atoms with Gasteiger partial charge in [-0.3, -0.25) is 4.79 Å². The summed E-state index contributed by atoms with van der Waals surface area (Å²) in [7, 11) is 0. The number of aromatic nitrogens is 3. The Balaban J connectivity index is 1.46. The second-order valence-corrected chi connectivity index (χ2v) is 5.56. The van der Waals surface area contributed by atoms with Crippen LogP contribution in [-0.4, -0.2) is 26.7 Å². The quantitative estimate of drug-likeness (QED) is 0.875. The van der Waals surface area contributed by atoms with Crippen molar-refractivity contribution in [1.82, 2.24) is 20.1 Å². The third-order valence-electron chi connectivity index (χ3n) is 4.49. The molecule has 0 bridgehead atoms. The second kappa shape index (κ2) is 5.08. The van der Waals surface area contributed by atoms with E-state index < -0.39 is 0 Å². The predicted molar refractivity (Wildman–Crippen MR) is 66.6 cm³/mol. The maximum atomic E-state index is 11.9. The van der Waals surface area contributed by atoms with Crippen LogP contribution in [0, 0.1) is 11.8 Å². The van der Waals surface area contributed by atoms with Gasteiger partial charge >= 0.3 is 0 Å². The van der Waals surface area contributed by atoms with Crippen molar-refractivity contribution in [2.75, 3.05) is 0 Å². The number of nitrogens with zero attached hydrogens (tertiary/aromatic N) is 3. The van der Waals surface area contributed by atoms with E-state index in [0.717, 1.165) is 11.8 Å². The van der Waals surface area contributed by atoms with Crippen molar-refractivity contribution in [3.05, 3.63) is 12.7 Å². The molecule has 3 atom stereocenters. The molecule has 5 nitrogen and oxygen atoms in total. The molecule has 3 unspecified atom stereocenters. The van der Waals surface area contributed by atoms with Crippen molar-refractivity contribution in [2.24, 2.45) is 11.8 Å². The Morgan fingerprint density at radius 2 is 2.06 bits per heavy atom. The Morgan fingerprint density at radius 3 is 2.89 bits per heavy atom. The first-order valence-electron chi connectivity index (χ1n) is 6.95. The minimum atomic E-state index is 0.168. The molecule has 1 aromatic heterocycles. The molecule has 3 rings (SSSR count). The lowest BCUT2D eigenvalue weighted by atomic mass is 9.97. The van der Waals surface area contributed by atoms with Crippen molar-refractivity contribution >= 4 is 5.91 Å². The lowest BCUT2D eigenvalue weighted by Crippen LogP contribution is -2.37. The maximum absolute atomic E-state index is 11.9. The van der Waals surface area contributed by atoms with Crippen LogP contribution in [-0.2, 0) is 11.3 Å². The van der Waals surface area contributed by atoms with Crippen LogP contribution in [0.25, 0.3) is 0 Å². The van der Waals surface area contributed by atoms with Crippen molar-refractivity contribution in [3.63, 3.8) is 0 Å². The third-order valence-corrected chi connectivity index (χ3v) is 4.49. The van der Waals surface area contributed by atoms with Gasteiger partial charge in [0.15, 0.2) is 0 Å². The lowest BCUT2D eigenvalue weighted by Gasteiger charge is -2.20. The first kappa shape index (κ1) is 11.7. The van der Waals surface area contributed by atoms with Gasteiger partial charge in [0.05, 0.1) is 0 Å². The molecule has 0 radical (unpaired) electrons. The highest BCUT2D eigenvalue weighted by Crippen LogP contribution is 2.43. The van der Waals surface area contributed by atoms with Gasteiger partial charge in [0.1, 0.15) is 12.7 Å². The number of amides is 1. The first-order chi connectivity index (χ1) is 8.83. The first-order valence-corrected chi connectivity index (χ1v) is 6.95. The molecule has 0 spiro atoms. The molecule has 1 aromatic rings. The minimum Gasteiger partial charge on any atom is -0.353 e. The summed E-state index contributed by atoms with van der Waals surface area (Å²) in [6, 6.07) is 0.436. The van der Waals surface area contributed by atoms with Crippen LogP contribution in [0.15, 0.2) is 12.7 Å². The Kier molecular flexibility index (Phi) is 3.30. The van der Waals surface area contributed by atoms with Crippen LogP contribution in [0.2, 0.25) is 0 Å². The summed E-state index contributed by atoms with van der Waals surface area (Å²) in [6.45, 7) is 0.666. The van der Waals surface area contributed by atoms with E-state index in [9.17, 15) is 4.79 Å². The number of rotatable bonds is 4. The fourth-order valence-corrected chi connectivity index (χ4v) is 3.59. The average molecular weight is 248 g/mol.